The van der Waals surface area contributed by atoms with Crippen LogP contribution in [0.3, 0.4) is 0 Å². The number of hydrogen-bond donors (Lipinski definition) is 2. The summed E-state index contributed by atoms with van der Waals surface area (Å²) in [6.45, 7) is 1.25. The standard InChI is InChI=1S/C9H10F2N2O2/c1-5(7(10)11)13-8-6(9(14)15)3-2-4-12-8/h2-5,7H,1H3,(H,12,13)(H,14,15). The normalized spacial score (nSPS) is 12.5. The van der Waals surface area contributed by atoms with Crippen molar-refractivity contribution in [1.29, 1.82) is 0 Å². The van der Waals surface area contributed by atoms with E-state index < -0.39 is 18.4 Å². The third-order valence-corrected chi connectivity index (χ3v) is 1.78. The van der Waals surface area contributed by atoms with Gasteiger partial charge in [-0.2, -0.15) is 0 Å². The van der Waals surface area contributed by atoms with E-state index in [0.29, 0.717) is 0 Å². The number of carbonyl (C=O) groups is 1. The molecule has 1 aromatic heterocycles. The topological polar surface area (TPSA) is 62.2 Å². The summed E-state index contributed by atoms with van der Waals surface area (Å²) in [7, 11) is 0. The molecule has 0 saturated heterocycles. The van der Waals surface area contributed by atoms with Crippen LogP contribution in [-0.4, -0.2) is 28.5 Å². The molecule has 1 atom stereocenters. The van der Waals surface area contributed by atoms with Crippen LogP contribution in [0.25, 0.3) is 0 Å². The van der Waals surface area contributed by atoms with E-state index in [-0.39, 0.29) is 11.4 Å². The largest absolute Gasteiger partial charge is 0.478 e. The quantitative estimate of drug-likeness (QED) is 0.806. The molecule has 1 aromatic rings. The molecule has 0 aliphatic carbocycles. The number of rotatable bonds is 4. The Morgan fingerprint density at radius 3 is 2.80 bits per heavy atom. The SMILES string of the molecule is CC(Nc1ncccc1C(=O)O)C(F)F. The van der Waals surface area contributed by atoms with Gasteiger partial charge in [-0.25, -0.2) is 18.6 Å². The van der Waals surface area contributed by atoms with Crippen LogP contribution in [-0.2, 0) is 0 Å². The van der Waals surface area contributed by atoms with Gasteiger partial charge in [0, 0.05) is 6.20 Å². The van der Waals surface area contributed by atoms with Gasteiger partial charge in [0.1, 0.15) is 11.4 Å². The molecule has 1 heterocycles. The highest BCUT2D eigenvalue weighted by molar-refractivity contribution is 5.93. The predicted molar refractivity (Wildman–Crippen MR) is 50.3 cm³/mol. The molecular weight excluding hydrogens is 206 g/mol. The number of halogens is 2. The Hall–Kier alpha value is -1.72. The zero-order valence-corrected chi connectivity index (χ0v) is 7.95. The zero-order chi connectivity index (χ0) is 11.4. The summed E-state index contributed by atoms with van der Waals surface area (Å²) >= 11 is 0. The van der Waals surface area contributed by atoms with Crippen LogP contribution in [0.2, 0.25) is 0 Å². The van der Waals surface area contributed by atoms with Crippen LogP contribution >= 0.6 is 0 Å². The second kappa shape index (κ2) is 4.68. The molecule has 15 heavy (non-hydrogen) atoms. The maximum atomic E-state index is 12.2. The lowest BCUT2D eigenvalue weighted by atomic mass is 10.2. The van der Waals surface area contributed by atoms with Crippen molar-refractivity contribution in [1.82, 2.24) is 4.98 Å². The molecule has 0 aliphatic heterocycles. The van der Waals surface area contributed by atoms with Crippen LogP contribution in [0.4, 0.5) is 14.6 Å². The third-order valence-electron chi connectivity index (χ3n) is 1.78. The van der Waals surface area contributed by atoms with Gasteiger partial charge >= 0.3 is 5.97 Å². The first-order chi connectivity index (χ1) is 7.02. The fraction of sp³-hybridized carbons (Fsp3) is 0.333. The summed E-state index contributed by atoms with van der Waals surface area (Å²) in [4.78, 5) is 14.4. The highest BCUT2D eigenvalue weighted by Gasteiger charge is 2.18. The van der Waals surface area contributed by atoms with Crippen molar-refractivity contribution in [2.75, 3.05) is 5.32 Å². The summed E-state index contributed by atoms with van der Waals surface area (Å²) in [5.41, 5.74) is -0.120. The molecule has 0 fully saturated rings. The Kier molecular flexibility index (Phi) is 3.54. The number of hydrogen-bond acceptors (Lipinski definition) is 3. The number of nitrogens with one attached hydrogen (secondary N) is 1. The molecule has 1 unspecified atom stereocenters. The number of nitrogens with zero attached hydrogens (tertiary/aromatic N) is 1. The molecule has 82 valence electrons. The fourth-order valence-electron chi connectivity index (χ4n) is 0.972. The summed E-state index contributed by atoms with van der Waals surface area (Å²) in [5.74, 6) is -1.25. The van der Waals surface area contributed by atoms with Crippen molar-refractivity contribution in [3.63, 3.8) is 0 Å². The molecule has 2 N–H and O–H groups in total. The Balaban J connectivity index is 2.89. The Morgan fingerprint density at radius 2 is 2.27 bits per heavy atom. The van der Waals surface area contributed by atoms with Gasteiger partial charge in [-0.15, -0.1) is 0 Å². The third kappa shape index (κ3) is 2.87. The first kappa shape index (κ1) is 11.4. The first-order valence-electron chi connectivity index (χ1n) is 4.25. The summed E-state index contributed by atoms with van der Waals surface area (Å²) in [6, 6.07) is 1.59. The van der Waals surface area contributed by atoms with Gasteiger partial charge in [-0.05, 0) is 19.1 Å². The molecule has 0 saturated carbocycles. The van der Waals surface area contributed by atoms with E-state index in [1.807, 2.05) is 0 Å². The van der Waals surface area contributed by atoms with Crippen LogP contribution in [0.1, 0.15) is 17.3 Å². The minimum Gasteiger partial charge on any atom is -0.478 e. The lowest BCUT2D eigenvalue weighted by molar-refractivity contribution is 0.0696. The van der Waals surface area contributed by atoms with Gasteiger partial charge in [-0.1, -0.05) is 0 Å². The van der Waals surface area contributed by atoms with E-state index in [1.54, 1.807) is 0 Å². The van der Waals surface area contributed by atoms with Crippen LogP contribution in [0.5, 0.6) is 0 Å². The van der Waals surface area contributed by atoms with Gasteiger partial charge in [0.25, 0.3) is 6.43 Å². The Morgan fingerprint density at radius 1 is 1.60 bits per heavy atom. The number of aromatic carboxylic acids is 1. The van der Waals surface area contributed by atoms with Gasteiger partial charge in [0.2, 0.25) is 0 Å². The highest BCUT2D eigenvalue weighted by Crippen LogP contribution is 2.14. The molecule has 4 nitrogen and oxygen atoms in total. The highest BCUT2D eigenvalue weighted by atomic mass is 19.3. The van der Waals surface area contributed by atoms with Crippen molar-refractivity contribution in [2.45, 2.75) is 19.4 Å². The lowest BCUT2D eigenvalue weighted by Gasteiger charge is -2.14. The van der Waals surface area contributed by atoms with E-state index in [1.165, 1.54) is 25.3 Å². The van der Waals surface area contributed by atoms with E-state index in [4.69, 9.17) is 5.11 Å². The van der Waals surface area contributed by atoms with Crippen LogP contribution in [0, 0.1) is 0 Å². The Labute approximate surface area is 84.9 Å². The monoisotopic (exact) mass is 216 g/mol. The summed E-state index contributed by atoms with van der Waals surface area (Å²) in [6.07, 6.45) is -1.24. The number of pyridine rings is 1. The maximum absolute atomic E-state index is 12.2. The average Bonchev–Trinajstić information content (AvgIpc) is 2.18. The van der Waals surface area contributed by atoms with Gasteiger partial charge in [-0.3, -0.25) is 0 Å². The zero-order valence-electron chi connectivity index (χ0n) is 7.95. The first-order valence-corrected chi connectivity index (χ1v) is 4.25. The number of carboxylic acid groups (broad SMARTS) is 1. The number of anilines is 1. The van der Waals surface area contributed by atoms with Crippen molar-refractivity contribution < 1.29 is 18.7 Å². The molecule has 0 spiro atoms. The molecule has 0 aliphatic rings. The van der Waals surface area contributed by atoms with Crippen molar-refractivity contribution in [3.8, 4) is 0 Å². The second-order valence-electron chi connectivity index (χ2n) is 2.97. The average molecular weight is 216 g/mol. The summed E-state index contributed by atoms with van der Waals surface area (Å²) in [5, 5.41) is 11.1. The lowest BCUT2D eigenvalue weighted by Crippen LogP contribution is -2.25. The Bertz CT molecular complexity index is 358. The molecule has 0 amide bonds. The molecular formula is C9H10F2N2O2. The number of carboxylic acids is 1. The molecule has 0 aromatic carbocycles. The van der Waals surface area contributed by atoms with Gasteiger partial charge in [0.05, 0.1) is 6.04 Å². The minimum atomic E-state index is -2.58. The van der Waals surface area contributed by atoms with Crippen LogP contribution < -0.4 is 5.32 Å². The summed E-state index contributed by atoms with van der Waals surface area (Å²) < 4.78 is 24.4. The van der Waals surface area contributed by atoms with Crippen LogP contribution in [0.15, 0.2) is 18.3 Å². The number of aromatic nitrogens is 1. The smallest absolute Gasteiger partial charge is 0.339 e. The van der Waals surface area contributed by atoms with E-state index >= 15 is 0 Å². The molecule has 0 radical (unpaired) electrons. The minimum absolute atomic E-state index is 0.0437. The van der Waals surface area contributed by atoms with Gasteiger partial charge < -0.3 is 10.4 Å². The molecule has 0 bridgehead atoms. The number of alkyl halides is 2. The van der Waals surface area contributed by atoms with Crippen molar-refractivity contribution >= 4 is 11.8 Å². The molecule has 1 rings (SSSR count). The van der Waals surface area contributed by atoms with Crippen molar-refractivity contribution in [2.24, 2.45) is 0 Å². The molecule has 6 heteroatoms. The van der Waals surface area contributed by atoms with E-state index in [2.05, 4.69) is 10.3 Å². The second-order valence-corrected chi connectivity index (χ2v) is 2.97. The van der Waals surface area contributed by atoms with Crippen molar-refractivity contribution in [3.05, 3.63) is 23.9 Å². The predicted octanol–water partition coefficient (Wildman–Crippen LogP) is 1.85. The fourth-order valence-corrected chi connectivity index (χ4v) is 0.972. The van der Waals surface area contributed by atoms with E-state index in [9.17, 15) is 13.6 Å². The van der Waals surface area contributed by atoms with E-state index in [0.717, 1.165) is 0 Å². The van der Waals surface area contributed by atoms with Gasteiger partial charge in [0.15, 0.2) is 0 Å². The maximum Gasteiger partial charge on any atom is 0.339 e.